The molecule has 0 saturated carbocycles. The molecule has 1 aliphatic rings. The molecule has 2 heteroatoms. The third-order valence-corrected chi connectivity index (χ3v) is 5.26. The summed E-state index contributed by atoms with van der Waals surface area (Å²) in [5.74, 6) is 0. The molecule has 0 aliphatic carbocycles. The Hall–Kier alpha value is -0.0800. The Morgan fingerprint density at radius 1 is 1.05 bits per heavy atom. The van der Waals surface area contributed by atoms with E-state index in [4.69, 9.17) is 0 Å². The summed E-state index contributed by atoms with van der Waals surface area (Å²) in [6.07, 6.45) is 8.17. The molecular weight excluding hydrogens is 232 g/mol. The first-order chi connectivity index (χ1) is 9.06. The molecule has 0 amide bonds. The van der Waals surface area contributed by atoms with Crippen molar-refractivity contribution in [2.24, 2.45) is 5.41 Å². The summed E-state index contributed by atoms with van der Waals surface area (Å²) >= 11 is 0. The fourth-order valence-corrected chi connectivity index (χ4v) is 3.44. The largest absolute Gasteiger partial charge is 0.313 e. The average Bonchev–Trinajstić information content (AvgIpc) is 2.43. The molecule has 1 unspecified atom stereocenters. The van der Waals surface area contributed by atoms with Crippen molar-refractivity contribution < 1.29 is 0 Å². The van der Waals surface area contributed by atoms with E-state index in [1.807, 2.05) is 0 Å². The lowest BCUT2D eigenvalue weighted by atomic mass is 9.74. The molecular formula is C17H36N2. The van der Waals surface area contributed by atoms with Crippen LogP contribution in [0.3, 0.4) is 0 Å². The molecule has 0 spiro atoms. The number of piperidine rings is 1. The maximum absolute atomic E-state index is 3.63. The molecule has 1 N–H and O–H groups in total. The molecule has 19 heavy (non-hydrogen) atoms. The molecule has 0 aromatic rings. The zero-order chi connectivity index (χ0) is 14.3. The van der Waals surface area contributed by atoms with Gasteiger partial charge in [0.2, 0.25) is 0 Å². The Morgan fingerprint density at radius 3 is 2.05 bits per heavy atom. The lowest BCUT2D eigenvalue weighted by Crippen LogP contribution is -2.49. The van der Waals surface area contributed by atoms with E-state index in [2.05, 4.69) is 44.8 Å². The van der Waals surface area contributed by atoms with Gasteiger partial charge in [-0.15, -0.1) is 0 Å². The Balaban J connectivity index is 2.49. The van der Waals surface area contributed by atoms with Gasteiger partial charge in [-0.1, -0.05) is 53.9 Å². The van der Waals surface area contributed by atoms with Crippen molar-refractivity contribution in [2.75, 3.05) is 19.6 Å². The van der Waals surface area contributed by atoms with Crippen LogP contribution < -0.4 is 5.32 Å². The fraction of sp³-hybridized carbons (Fsp3) is 1.00. The topological polar surface area (TPSA) is 15.3 Å². The Morgan fingerprint density at radius 2 is 1.63 bits per heavy atom. The Labute approximate surface area is 121 Å². The highest BCUT2D eigenvalue weighted by atomic mass is 15.2. The maximum atomic E-state index is 3.63. The van der Waals surface area contributed by atoms with Crippen molar-refractivity contribution in [2.45, 2.75) is 85.2 Å². The molecule has 114 valence electrons. The molecule has 0 radical (unpaired) electrons. The maximum Gasteiger partial charge on any atom is 0.0220 e. The number of rotatable bonds is 8. The van der Waals surface area contributed by atoms with E-state index in [0.29, 0.717) is 11.5 Å². The molecule has 2 nitrogen and oxygen atoms in total. The van der Waals surface area contributed by atoms with Crippen molar-refractivity contribution in [3.05, 3.63) is 0 Å². The average molecular weight is 268 g/mol. The smallest absolute Gasteiger partial charge is 0.0220 e. The van der Waals surface area contributed by atoms with Crippen molar-refractivity contribution in [3.8, 4) is 0 Å². The second kappa shape index (κ2) is 8.26. The van der Waals surface area contributed by atoms with Gasteiger partial charge in [0.25, 0.3) is 0 Å². The second-order valence-corrected chi connectivity index (χ2v) is 6.75. The first-order valence-corrected chi connectivity index (χ1v) is 8.54. The normalized spacial score (nSPS) is 21.8. The van der Waals surface area contributed by atoms with Gasteiger partial charge in [0.15, 0.2) is 0 Å². The van der Waals surface area contributed by atoms with Crippen molar-refractivity contribution in [1.29, 1.82) is 0 Å². The number of nitrogens with zero attached hydrogens (tertiary/aromatic N) is 1. The van der Waals surface area contributed by atoms with Gasteiger partial charge in [0, 0.05) is 18.6 Å². The molecule has 0 aromatic carbocycles. The van der Waals surface area contributed by atoms with Gasteiger partial charge in [-0.25, -0.2) is 0 Å². The van der Waals surface area contributed by atoms with E-state index in [0.717, 1.165) is 12.6 Å². The highest BCUT2D eigenvalue weighted by Gasteiger charge is 2.33. The van der Waals surface area contributed by atoms with Gasteiger partial charge in [-0.2, -0.15) is 0 Å². The second-order valence-electron chi connectivity index (χ2n) is 6.75. The number of nitrogens with one attached hydrogen (secondary N) is 1. The van der Waals surface area contributed by atoms with Crippen LogP contribution in [-0.4, -0.2) is 36.6 Å². The summed E-state index contributed by atoms with van der Waals surface area (Å²) < 4.78 is 0. The van der Waals surface area contributed by atoms with Gasteiger partial charge in [-0.05, 0) is 37.8 Å². The highest BCUT2D eigenvalue weighted by Crippen LogP contribution is 2.38. The summed E-state index contributed by atoms with van der Waals surface area (Å²) in [4.78, 5) is 2.75. The van der Waals surface area contributed by atoms with Crippen LogP contribution in [0.15, 0.2) is 0 Å². The van der Waals surface area contributed by atoms with Crippen molar-refractivity contribution in [1.82, 2.24) is 10.2 Å². The predicted molar refractivity (Wildman–Crippen MR) is 85.7 cm³/mol. The summed E-state index contributed by atoms with van der Waals surface area (Å²) in [5.41, 5.74) is 0.652. The van der Waals surface area contributed by atoms with Crippen LogP contribution in [-0.2, 0) is 0 Å². The zero-order valence-corrected chi connectivity index (χ0v) is 14.0. The molecule has 0 bridgehead atoms. The molecule has 1 atom stereocenters. The molecule has 1 saturated heterocycles. The number of hydrogen-bond donors (Lipinski definition) is 1. The van der Waals surface area contributed by atoms with E-state index >= 15 is 0 Å². The SMILES string of the molecule is CCCC(CNC(C)C)N1CCC(CC)(CC)CC1. The van der Waals surface area contributed by atoms with Gasteiger partial charge >= 0.3 is 0 Å². The molecule has 1 fully saturated rings. The van der Waals surface area contributed by atoms with E-state index in [9.17, 15) is 0 Å². The van der Waals surface area contributed by atoms with E-state index in [1.54, 1.807) is 0 Å². The zero-order valence-electron chi connectivity index (χ0n) is 14.0. The van der Waals surface area contributed by atoms with Crippen LogP contribution >= 0.6 is 0 Å². The van der Waals surface area contributed by atoms with E-state index < -0.39 is 0 Å². The van der Waals surface area contributed by atoms with Gasteiger partial charge in [0.05, 0.1) is 0 Å². The monoisotopic (exact) mass is 268 g/mol. The third-order valence-electron chi connectivity index (χ3n) is 5.26. The van der Waals surface area contributed by atoms with Crippen molar-refractivity contribution in [3.63, 3.8) is 0 Å². The van der Waals surface area contributed by atoms with Gasteiger partial charge in [0.1, 0.15) is 0 Å². The number of likely N-dealkylation sites (tertiary alicyclic amines) is 1. The van der Waals surface area contributed by atoms with Crippen LogP contribution in [0.5, 0.6) is 0 Å². The van der Waals surface area contributed by atoms with E-state index in [-0.39, 0.29) is 0 Å². The standard InChI is InChI=1S/C17H36N2/c1-6-9-16(14-18-15(4)5)19-12-10-17(7-2,8-3)11-13-19/h15-16,18H,6-14H2,1-5H3. The lowest BCUT2D eigenvalue weighted by molar-refractivity contribution is 0.0619. The summed E-state index contributed by atoms with van der Waals surface area (Å²) in [5, 5.41) is 3.63. The minimum atomic E-state index is 0.606. The molecule has 1 rings (SSSR count). The highest BCUT2D eigenvalue weighted by molar-refractivity contribution is 4.87. The fourth-order valence-electron chi connectivity index (χ4n) is 3.44. The first kappa shape index (κ1) is 17.0. The quantitative estimate of drug-likeness (QED) is 0.714. The Kier molecular flexibility index (Phi) is 7.38. The summed E-state index contributed by atoms with van der Waals surface area (Å²) in [6.45, 7) is 15.4. The minimum Gasteiger partial charge on any atom is -0.313 e. The van der Waals surface area contributed by atoms with Crippen LogP contribution in [0.1, 0.15) is 73.1 Å². The van der Waals surface area contributed by atoms with Gasteiger partial charge in [-0.3, -0.25) is 4.90 Å². The Bertz CT molecular complexity index is 223. The first-order valence-electron chi connectivity index (χ1n) is 8.54. The molecule has 1 heterocycles. The van der Waals surface area contributed by atoms with Crippen LogP contribution in [0.2, 0.25) is 0 Å². The third kappa shape index (κ3) is 5.07. The van der Waals surface area contributed by atoms with Crippen molar-refractivity contribution >= 4 is 0 Å². The summed E-state index contributed by atoms with van der Waals surface area (Å²) in [7, 11) is 0. The molecule has 1 aliphatic heterocycles. The van der Waals surface area contributed by atoms with Gasteiger partial charge < -0.3 is 5.32 Å². The van der Waals surface area contributed by atoms with Crippen LogP contribution in [0, 0.1) is 5.41 Å². The van der Waals surface area contributed by atoms with Crippen LogP contribution in [0.25, 0.3) is 0 Å². The molecule has 0 aromatic heterocycles. The number of hydrogen-bond acceptors (Lipinski definition) is 2. The minimum absolute atomic E-state index is 0.606. The summed E-state index contributed by atoms with van der Waals surface area (Å²) in [6, 6.07) is 1.36. The lowest BCUT2D eigenvalue weighted by Gasteiger charge is -2.44. The van der Waals surface area contributed by atoms with Crippen LogP contribution in [0.4, 0.5) is 0 Å². The predicted octanol–water partition coefficient (Wildman–Crippen LogP) is 4.06. The van der Waals surface area contributed by atoms with E-state index in [1.165, 1.54) is 51.6 Å².